The molecule has 0 aliphatic carbocycles. The van der Waals surface area contributed by atoms with Crippen molar-refractivity contribution >= 4 is 5.91 Å². The molecule has 2 heterocycles. The van der Waals surface area contributed by atoms with Gasteiger partial charge in [-0.05, 0) is 13.3 Å². The molecular weight excluding hydrogens is 258 g/mol. The third-order valence-electron chi connectivity index (χ3n) is 3.22. The molecule has 0 bridgehead atoms. The van der Waals surface area contributed by atoms with Crippen molar-refractivity contribution in [1.29, 1.82) is 0 Å². The average molecular weight is 277 g/mol. The molecule has 0 unspecified atom stereocenters. The quantitative estimate of drug-likeness (QED) is 0.721. The highest BCUT2D eigenvalue weighted by molar-refractivity contribution is 5.93. The standard InChI is InChI=1S/C13H19N5O2/c1-3-10-9(2)12(17-16-10)13(20)18(6-7-19)8-11-14-4-5-15-11/h4-5,19H,3,6-8H2,1-2H3,(H,14,15)(H,16,17). The van der Waals surface area contributed by atoms with Crippen molar-refractivity contribution in [3.05, 3.63) is 35.2 Å². The molecule has 7 nitrogen and oxygen atoms in total. The topological polar surface area (TPSA) is 97.9 Å². The number of rotatable bonds is 6. The Morgan fingerprint density at radius 1 is 1.50 bits per heavy atom. The van der Waals surface area contributed by atoms with Gasteiger partial charge in [0.1, 0.15) is 5.82 Å². The van der Waals surface area contributed by atoms with Gasteiger partial charge >= 0.3 is 0 Å². The minimum atomic E-state index is -0.205. The Bertz CT molecular complexity index is 561. The van der Waals surface area contributed by atoms with Gasteiger partial charge in [-0.1, -0.05) is 6.92 Å². The Morgan fingerprint density at radius 2 is 2.30 bits per heavy atom. The lowest BCUT2D eigenvalue weighted by Gasteiger charge is -2.19. The smallest absolute Gasteiger partial charge is 0.275 e. The fraction of sp³-hybridized carbons (Fsp3) is 0.462. The Hall–Kier alpha value is -2.15. The maximum Gasteiger partial charge on any atom is 0.275 e. The normalized spacial score (nSPS) is 10.8. The monoisotopic (exact) mass is 277 g/mol. The molecule has 108 valence electrons. The zero-order chi connectivity index (χ0) is 14.5. The number of aryl methyl sites for hydroxylation is 1. The molecule has 0 radical (unpaired) electrons. The number of hydrogen-bond donors (Lipinski definition) is 3. The summed E-state index contributed by atoms with van der Waals surface area (Å²) in [6, 6.07) is 0. The summed E-state index contributed by atoms with van der Waals surface area (Å²) in [5.74, 6) is 0.472. The number of imidazole rings is 1. The first-order valence-electron chi connectivity index (χ1n) is 6.59. The second-order valence-corrected chi connectivity index (χ2v) is 4.52. The average Bonchev–Trinajstić information content (AvgIpc) is 3.07. The number of amides is 1. The van der Waals surface area contributed by atoms with Gasteiger partial charge in [0.25, 0.3) is 5.91 Å². The van der Waals surface area contributed by atoms with Crippen LogP contribution in [0.3, 0.4) is 0 Å². The van der Waals surface area contributed by atoms with E-state index in [0.717, 1.165) is 17.7 Å². The molecule has 0 aromatic carbocycles. The maximum atomic E-state index is 12.5. The fourth-order valence-corrected chi connectivity index (χ4v) is 2.07. The molecule has 2 aromatic rings. The molecule has 0 atom stereocenters. The van der Waals surface area contributed by atoms with Crippen LogP contribution in [0.1, 0.15) is 34.5 Å². The molecule has 2 aromatic heterocycles. The highest BCUT2D eigenvalue weighted by Gasteiger charge is 2.22. The number of carbonyl (C=O) groups excluding carboxylic acids is 1. The molecule has 3 N–H and O–H groups in total. The molecule has 1 amide bonds. The van der Waals surface area contributed by atoms with E-state index in [1.165, 1.54) is 4.90 Å². The van der Waals surface area contributed by atoms with E-state index < -0.39 is 0 Å². The molecule has 0 saturated carbocycles. The van der Waals surface area contributed by atoms with E-state index in [4.69, 9.17) is 5.11 Å². The predicted molar refractivity (Wildman–Crippen MR) is 73.1 cm³/mol. The SMILES string of the molecule is CCc1[nH]nc(C(=O)N(CCO)Cc2ncc[nH]2)c1C. The lowest BCUT2D eigenvalue weighted by Crippen LogP contribution is -2.34. The molecule has 7 heteroatoms. The summed E-state index contributed by atoms with van der Waals surface area (Å²) < 4.78 is 0. The number of aromatic amines is 2. The summed E-state index contributed by atoms with van der Waals surface area (Å²) >= 11 is 0. The largest absolute Gasteiger partial charge is 0.395 e. The van der Waals surface area contributed by atoms with E-state index in [1.54, 1.807) is 12.4 Å². The summed E-state index contributed by atoms with van der Waals surface area (Å²) in [7, 11) is 0. The van der Waals surface area contributed by atoms with Crippen molar-refractivity contribution in [2.24, 2.45) is 0 Å². The summed E-state index contributed by atoms with van der Waals surface area (Å²) in [4.78, 5) is 21.1. The molecule has 0 aliphatic rings. The van der Waals surface area contributed by atoms with Gasteiger partial charge in [-0.15, -0.1) is 0 Å². The van der Waals surface area contributed by atoms with Gasteiger partial charge in [0.15, 0.2) is 5.69 Å². The van der Waals surface area contributed by atoms with Gasteiger partial charge in [-0.3, -0.25) is 9.89 Å². The molecule has 0 fully saturated rings. The van der Waals surface area contributed by atoms with E-state index >= 15 is 0 Å². The molecule has 0 spiro atoms. The van der Waals surface area contributed by atoms with Crippen molar-refractivity contribution < 1.29 is 9.90 Å². The van der Waals surface area contributed by atoms with Gasteiger partial charge in [-0.2, -0.15) is 5.10 Å². The van der Waals surface area contributed by atoms with Crippen LogP contribution in [0, 0.1) is 6.92 Å². The van der Waals surface area contributed by atoms with E-state index in [2.05, 4.69) is 20.2 Å². The van der Waals surface area contributed by atoms with Crippen LogP contribution in [0.2, 0.25) is 0 Å². The highest BCUT2D eigenvalue weighted by Crippen LogP contribution is 2.14. The van der Waals surface area contributed by atoms with Gasteiger partial charge in [0.05, 0.1) is 13.2 Å². The molecule has 0 saturated heterocycles. The van der Waals surface area contributed by atoms with Crippen LogP contribution < -0.4 is 0 Å². The number of aliphatic hydroxyl groups is 1. The Labute approximate surface area is 117 Å². The maximum absolute atomic E-state index is 12.5. The van der Waals surface area contributed by atoms with Crippen molar-refractivity contribution in [2.45, 2.75) is 26.8 Å². The summed E-state index contributed by atoms with van der Waals surface area (Å²) in [6.07, 6.45) is 4.13. The lowest BCUT2D eigenvalue weighted by molar-refractivity contribution is 0.0696. The van der Waals surface area contributed by atoms with Crippen LogP contribution in [0.5, 0.6) is 0 Å². The van der Waals surface area contributed by atoms with Gasteiger partial charge in [-0.25, -0.2) is 4.98 Å². The molecule has 0 aliphatic heterocycles. The first-order valence-corrected chi connectivity index (χ1v) is 6.59. The first kappa shape index (κ1) is 14.3. The number of aromatic nitrogens is 4. The van der Waals surface area contributed by atoms with Crippen LogP contribution in [-0.2, 0) is 13.0 Å². The molecular formula is C13H19N5O2. The zero-order valence-corrected chi connectivity index (χ0v) is 11.7. The second-order valence-electron chi connectivity index (χ2n) is 4.52. The van der Waals surface area contributed by atoms with Crippen LogP contribution in [-0.4, -0.2) is 49.2 Å². The first-order chi connectivity index (χ1) is 9.67. The summed E-state index contributed by atoms with van der Waals surface area (Å²) in [6.45, 7) is 4.34. The lowest BCUT2D eigenvalue weighted by atomic mass is 10.1. The molecule has 2 rings (SSSR count). The highest BCUT2D eigenvalue weighted by atomic mass is 16.3. The van der Waals surface area contributed by atoms with Gasteiger partial charge in [0.2, 0.25) is 0 Å². The van der Waals surface area contributed by atoms with E-state index in [-0.39, 0.29) is 19.1 Å². The third kappa shape index (κ3) is 2.88. The number of nitrogens with zero attached hydrogens (tertiary/aromatic N) is 3. The molecule has 20 heavy (non-hydrogen) atoms. The van der Waals surface area contributed by atoms with Crippen LogP contribution >= 0.6 is 0 Å². The van der Waals surface area contributed by atoms with Crippen molar-refractivity contribution in [3.8, 4) is 0 Å². The van der Waals surface area contributed by atoms with Crippen LogP contribution in [0.25, 0.3) is 0 Å². The number of H-pyrrole nitrogens is 2. The Balaban J connectivity index is 2.19. The van der Waals surface area contributed by atoms with Crippen LogP contribution in [0.15, 0.2) is 12.4 Å². The fourth-order valence-electron chi connectivity index (χ4n) is 2.07. The third-order valence-corrected chi connectivity index (χ3v) is 3.22. The van der Waals surface area contributed by atoms with E-state index in [1.807, 2.05) is 13.8 Å². The Morgan fingerprint density at radius 3 is 2.85 bits per heavy atom. The van der Waals surface area contributed by atoms with Crippen LogP contribution in [0.4, 0.5) is 0 Å². The minimum Gasteiger partial charge on any atom is -0.395 e. The van der Waals surface area contributed by atoms with Crippen molar-refractivity contribution in [2.75, 3.05) is 13.2 Å². The van der Waals surface area contributed by atoms with Crippen molar-refractivity contribution in [3.63, 3.8) is 0 Å². The minimum absolute atomic E-state index is 0.101. The number of hydrogen-bond acceptors (Lipinski definition) is 4. The summed E-state index contributed by atoms with van der Waals surface area (Å²) in [5.41, 5.74) is 2.22. The van der Waals surface area contributed by atoms with Crippen molar-refractivity contribution in [1.82, 2.24) is 25.1 Å². The number of nitrogens with one attached hydrogen (secondary N) is 2. The van der Waals surface area contributed by atoms with Gasteiger partial charge in [0, 0.05) is 30.2 Å². The predicted octanol–water partition coefficient (Wildman–Crippen LogP) is 0.638. The second kappa shape index (κ2) is 6.33. The van der Waals surface area contributed by atoms with E-state index in [9.17, 15) is 4.79 Å². The summed E-state index contributed by atoms with van der Waals surface area (Å²) in [5, 5.41) is 16.1. The zero-order valence-electron chi connectivity index (χ0n) is 11.7. The number of aliphatic hydroxyl groups excluding tert-OH is 1. The van der Waals surface area contributed by atoms with Gasteiger partial charge < -0.3 is 15.0 Å². The number of carbonyl (C=O) groups is 1. The Kier molecular flexibility index (Phi) is 4.52. The van der Waals surface area contributed by atoms with E-state index in [0.29, 0.717) is 18.1 Å².